The highest BCUT2D eigenvalue weighted by molar-refractivity contribution is 7.99. The van der Waals surface area contributed by atoms with Crippen LogP contribution < -0.4 is 5.32 Å². The Morgan fingerprint density at radius 2 is 2.21 bits per heavy atom. The molecule has 2 aliphatic rings. The van der Waals surface area contributed by atoms with Crippen molar-refractivity contribution in [2.24, 2.45) is 0 Å². The summed E-state index contributed by atoms with van der Waals surface area (Å²) in [5, 5.41) is 3.47. The molecule has 5 heteroatoms. The van der Waals surface area contributed by atoms with Crippen molar-refractivity contribution in [1.82, 2.24) is 10.2 Å². The molecule has 2 fully saturated rings. The van der Waals surface area contributed by atoms with Crippen LogP contribution in [0, 0.1) is 0 Å². The number of thioether (sulfide) groups is 1. The van der Waals surface area contributed by atoms with Gasteiger partial charge in [0.05, 0.1) is 0 Å². The quantitative estimate of drug-likeness (QED) is 0.870. The zero-order valence-corrected chi connectivity index (χ0v) is 13.5. The van der Waals surface area contributed by atoms with Crippen molar-refractivity contribution in [2.75, 3.05) is 24.6 Å². The lowest BCUT2D eigenvalue weighted by Gasteiger charge is -2.32. The van der Waals surface area contributed by atoms with E-state index in [0.717, 1.165) is 25.3 Å². The van der Waals surface area contributed by atoms with E-state index in [4.69, 9.17) is 0 Å². The number of carbonyl (C=O) groups is 1. The van der Waals surface area contributed by atoms with Crippen LogP contribution in [-0.2, 0) is 4.79 Å². The summed E-state index contributed by atoms with van der Waals surface area (Å²) < 4.78 is 0. The van der Waals surface area contributed by atoms with Crippen molar-refractivity contribution in [3.63, 3.8) is 0 Å². The van der Waals surface area contributed by atoms with Crippen LogP contribution in [0.5, 0.6) is 0 Å². The van der Waals surface area contributed by atoms with Gasteiger partial charge in [0, 0.05) is 43.1 Å². The molecule has 1 amide bonds. The highest BCUT2D eigenvalue weighted by Gasteiger charge is 2.26. The summed E-state index contributed by atoms with van der Waals surface area (Å²) >= 11 is 1.97. The summed E-state index contributed by atoms with van der Waals surface area (Å²) in [6.45, 7) is 4.25. The van der Waals surface area contributed by atoms with Crippen molar-refractivity contribution >= 4 is 30.1 Å². The molecule has 3 nitrogen and oxygen atoms in total. The lowest BCUT2D eigenvalue weighted by atomic mass is 10.1. The summed E-state index contributed by atoms with van der Waals surface area (Å²) in [5.41, 5.74) is 0. The third-order valence-electron chi connectivity index (χ3n) is 4.09. The predicted octanol–water partition coefficient (Wildman–Crippen LogP) is 2.68. The minimum absolute atomic E-state index is 0. The van der Waals surface area contributed by atoms with E-state index in [2.05, 4.69) is 17.1 Å². The van der Waals surface area contributed by atoms with Gasteiger partial charge in [-0.15, -0.1) is 12.4 Å². The van der Waals surface area contributed by atoms with Gasteiger partial charge in [-0.25, -0.2) is 0 Å². The van der Waals surface area contributed by atoms with E-state index in [1.165, 1.54) is 31.4 Å². The number of hydrogen-bond donors (Lipinski definition) is 1. The normalized spacial score (nSPS) is 28.4. The molecular weight excluding hydrogens is 280 g/mol. The van der Waals surface area contributed by atoms with E-state index in [-0.39, 0.29) is 12.4 Å². The first kappa shape index (κ1) is 17.1. The van der Waals surface area contributed by atoms with E-state index < -0.39 is 0 Å². The van der Waals surface area contributed by atoms with Gasteiger partial charge in [-0.05, 0) is 19.3 Å². The van der Waals surface area contributed by atoms with E-state index in [0.29, 0.717) is 24.4 Å². The van der Waals surface area contributed by atoms with Crippen molar-refractivity contribution in [3.8, 4) is 0 Å². The predicted molar refractivity (Wildman–Crippen MR) is 85.2 cm³/mol. The maximum Gasteiger partial charge on any atom is 0.224 e. The molecule has 2 aliphatic heterocycles. The van der Waals surface area contributed by atoms with Crippen LogP contribution in [0.1, 0.15) is 45.4 Å². The van der Waals surface area contributed by atoms with Crippen LogP contribution in [0.25, 0.3) is 0 Å². The van der Waals surface area contributed by atoms with Gasteiger partial charge in [-0.2, -0.15) is 11.8 Å². The molecule has 0 spiro atoms. The largest absolute Gasteiger partial charge is 0.340 e. The lowest BCUT2D eigenvalue weighted by Crippen LogP contribution is -2.45. The van der Waals surface area contributed by atoms with Crippen LogP contribution in [0.3, 0.4) is 0 Å². The fourth-order valence-corrected chi connectivity index (χ4v) is 3.96. The summed E-state index contributed by atoms with van der Waals surface area (Å²) in [4.78, 5) is 14.6. The first-order chi connectivity index (χ1) is 8.81. The van der Waals surface area contributed by atoms with Gasteiger partial charge in [0.1, 0.15) is 0 Å². The number of likely N-dealkylation sites (tertiary alicyclic amines) is 1. The first-order valence-corrected chi connectivity index (χ1v) is 8.57. The average molecular weight is 307 g/mol. The number of halogens is 1. The topological polar surface area (TPSA) is 32.3 Å². The second kappa shape index (κ2) is 9.09. The van der Waals surface area contributed by atoms with E-state index in [1.54, 1.807) is 0 Å². The molecule has 1 N–H and O–H groups in total. The van der Waals surface area contributed by atoms with Crippen LogP contribution in [-0.4, -0.2) is 47.5 Å². The number of amides is 1. The fourth-order valence-electron chi connectivity index (χ4n) is 3.01. The van der Waals surface area contributed by atoms with Gasteiger partial charge in [0.15, 0.2) is 0 Å². The smallest absolute Gasteiger partial charge is 0.224 e. The Balaban J connectivity index is 0.00000180. The van der Waals surface area contributed by atoms with Gasteiger partial charge in [-0.1, -0.05) is 19.8 Å². The Kier molecular flexibility index (Phi) is 8.19. The molecule has 0 aliphatic carbocycles. The second-order valence-electron chi connectivity index (χ2n) is 5.43. The van der Waals surface area contributed by atoms with E-state index in [1.807, 2.05) is 11.8 Å². The molecule has 0 aromatic heterocycles. The highest BCUT2D eigenvalue weighted by Crippen LogP contribution is 2.21. The summed E-state index contributed by atoms with van der Waals surface area (Å²) in [6.07, 6.45) is 6.78. The van der Waals surface area contributed by atoms with Crippen molar-refractivity contribution in [3.05, 3.63) is 0 Å². The molecule has 112 valence electrons. The Morgan fingerprint density at radius 3 is 2.89 bits per heavy atom. The zero-order valence-electron chi connectivity index (χ0n) is 11.9. The van der Waals surface area contributed by atoms with Crippen LogP contribution in [0.15, 0.2) is 0 Å². The summed E-state index contributed by atoms with van der Waals surface area (Å²) in [6, 6.07) is 0.897. The maximum absolute atomic E-state index is 12.5. The van der Waals surface area contributed by atoms with Crippen molar-refractivity contribution in [2.45, 2.75) is 57.5 Å². The molecule has 2 saturated heterocycles. The van der Waals surface area contributed by atoms with E-state index in [9.17, 15) is 4.79 Å². The standard InChI is InChI=1S/C14H26N2OS.ClH/c1-2-13-6-4-3-5-8-16(13)14(17)10-12-11-18-9-7-15-12;/h12-13,15H,2-11H2,1H3;1H. The molecule has 0 bridgehead atoms. The third kappa shape index (κ3) is 5.16. The van der Waals surface area contributed by atoms with Gasteiger partial charge in [0.25, 0.3) is 0 Å². The molecule has 0 aromatic rings. The highest BCUT2D eigenvalue weighted by atomic mass is 35.5. The van der Waals surface area contributed by atoms with Crippen molar-refractivity contribution < 1.29 is 4.79 Å². The molecule has 2 rings (SSSR count). The third-order valence-corrected chi connectivity index (χ3v) is 5.22. The van der Waals surface area contributed by atoms with Crippen LogP contribution in [0.4, 0.5) is 0 Å². The number of nitrogens with one attached hydrogen (secondary N) is 1. The minimum atomic E-state index is 0. The maximum atomic E-state index is 12.5. The average Bonchev–Trinajstić information content (AvgIpc) is 2.64. The fraction of sp³-hybridized carbons (Fsp3) is 0.929. The number of nitrogens with zero attached hydrogens (tertiary/aromatic N) is 1. The van der Waals surface area contributed by atoms with Gasteiger partial charge >= 0.3 is 0 Å². The molecule has 0 saturated carbocycles. The van der Waals surface area contributed by atoms with Gasteiger partial charge in [-0.3, -0.25) is 4.79 Å². The van der Waals surface area contributed by atoms with Gasteiger partial charge in [0.2, 0.25) is 5.91 Å². The monoisotopic (exact) mass is 306 g/mol. The first-order valence-electron chi connectivity index (χ1n) is 7.42. The van der Waals surface area contributed by atoms with Crippen LogP contribution >= 0.6 is 24.2 Å². The summed E-state index contributed by atoms with van der Waals surface area (Å²) in [5.74, 6) is 2.66. The number of rotatable bonds is 3. The number of hydrogen-bond acceptors (Lipinski definition) is 3. The molecule has 2 atom stereocenters. The van der Waals surface area contributed by atoms with Gasteiger partial charge < -0.3 is 10.2 Å². The molecule has 0 aromatic carbocycles. The van der Waals surface area contributed by atoms with Crippen LogP contribution in [0.2, 0.25) is 0 Å². The molecule has 2 heterocycles. The molecule has 2 unspecified atom stereocenters. The SMILES string of the molecule is CCC1CCCCCN1C(=O)CC1CSCCN1.Cl. The van der Waals surface area contributed by atoms with Crippen molar-refractivity contribution in [1.29, 1.82) is 0 Å². The second-order valence-corrected chi connectivity index (χ2v) is 6.58. The Labute approximate surface area is 127 Å². The summed E-state index contributed by atoms with van der Waals surface area (Å²) in [7, 11) is 0. The lowest BCUT2D eigenvalue weighted by molar-refractivity contribution is -0.134. The Morgan fingerprint density at radius 1 is 1.37 bits per heavy atom. The number of carbonyl (C=O) groups excluding carboxylic acids is 1. The van der Waals surface area contributed by atoms with E-state index >= 15 is 0 Å². The zero-order chi connectivity index (χ0) is 12.8. The molecular formula is C14H27ClN2OS. The molecule has 19 heavy (non-hydrogen) atoms. The Hall–Kier alpha value is 0.0700. The Bertz CT molecular complexity index is 272. The molecule has 0 radical (unpaired) electrons. The minimum Gasteiger partial charge on any atom is -0.340 e.